The number of nitrogens with zero attached hydrogens (tertiary/aromatic N) is 3. The fourth-order valence-electron chi connectivity index (χ4n) is 5.30. The molecule has 0 fully saturated rings. The van der Waals surface area contributed by atoms with Gasteiger partial charge in [-0.2, -0.15) is 22.7 Å². The molecule has 0 amide bonds. The number of aliphatic imine (C=N–C) groups is 1. The summed E-state index contributed by atoms with van der Waals surface area (Å²) >= 11 is 0. The molecule has 0 aliphatic carbocycles. The summed E-state index contributed by atoms with van der Waals surface area (Å²) in [4.78, 5) is 6.57. The summed E-state index contributed by atoms with van der Waals surface area (Å²) in [5.74, 6) is 1.81. The van der Waals surface area contributed by atoms with E-state index in [-0.39, 0.29) is 6.04 Å². The van der Waals surface area contributed by atoms with Crippen molar-refractivity contribution in [1.82, 2.24) is 15.5 Å². The topological polar surface area (TPSA) is 42.7 Å². The number of unbranched alkanes of at least 4 members (excludes halogenated alkanes) is 1. The van der Waals surface area contributed by atoms with Crippen LogP contribution in [-0.2, 0) is 0 Å². The summed E-state index contributed by atoms with van der Waals surface area (Å²) in [6, 6.07) is 33.8. The smallest absolute Gasteiger partial charge is 0.341 e. The van der Waals surface area contributed by atoms with Gasteiger partial charge in [0.25, 0.3) is 5.96 Å². The molecule has 2 N–H and O–H groups in total. The molecule has 0 spiro atoms. The van der Waals surface area contributed by atoms with E-state index in [1.807, 2.05) is 37.7 Å². The Kier molecular flexibility index (Phi) is 13.5. The van der Waals surface area contributed by atoms with Crippen LogP contribution in [0.5, 0.6) is 0 Å². The average Bonchev–Trinajstić information content (AvgIpc) is 2.93. The molecule has 40 heavy (non-hydrogen) atoms. The van der Waals surface area contributed by atoms with Gasteiger partial charge in [0.05, 0.1) is 34.3 Å². The van der Waals surface area contributed by atoms with E-state index in [9.17, 15) is 0 Å². The van der Waals surface area contributed by atoms with Crippen LogP contribution in [0.1, 0.15) is 47.5 Å². The first kappa shape index (κ1) is 32.7. The molecule has 6 heteroatoms. The van der Waals surface area contributed by atoms with Gasteiger partial charge in [-0.3, -0.25) is 9.48 Å². The predicted octanol–water partition coefficient (Wildman–Crippen LogP) is 4.49. The van der Waals surface area contributed by atoms with Crippen LogP contribution in [0.3, 0.4) is 0 Å². The van der Waals surface area contributed by atoms with Crippen LogP contribution < -0.4 is 27.0 Å². The highest BCUT2D eigenvalue weighted by Gasteiger charge is 2.28. The Morgan fingerprint density at radius 2 is 1.20 bits per heavy atom. The third-order valence-corrected chi connectivity index (χ3v) is 6.99. The van der Waals surface area contributed by atoms with Crippen LogP contribution in [0, 0.1) is 0 Å². The molecule has 0 aromatic heterocycles. The quantitative estimate of drug-likeness (QED) is 0.191. The van der Waals surface area contributed by atoms with Gasteiger partial charge in [-0.25, -0.2) is 10.3 Å². The van der Waals surface area contributed by atoms with Gasteiger partial charge >= 0.3 is 5.96 Å². The van der Waals surface area contributed by atoms with Crippen molar-refractivity contribution in [2.75, 3.05) is 28.2 Å². The van der Waals surface area contributed by atoms with Crippen LogP contribution in [0.4, 0.5) is 0 Å². The Hall–Kier alpha value is -3.54. The molecule has 0 unspecified atom stereocenters. The van der Waals surface area contributed by atoms with E-state index in [1.54, 1.807) is 0 Å². The number of guanidine groups is 2. The molecule has 0 radical (unpaired) electrons. The number of hydrogen-bond acceptors (Lipinski definition) is 1. The minimum Gasteiger partial charge on any atom is -0.341 e. The Morgan fingerprint density at radius 1 is 0.775 bits per heavy atom. The predicted molar refractivity (Wildman–Crippen MR) is 178 cm³/mol. The molecule has 0 heterocycles. The Morgan fingerprint density at radius 3 is 1.50 bits per heavy atom. The zero-order chi connectivity index (χ0) is 29.5. The Bertz CT molecular complexity index is 1070. The molecule has 0 atom stereocenters. The summed E-state index contributed by atoms with van der Waals surface area (Å²) < 4.78 is 2.03. The van der Waals surface area contributed by atoms with Crippen molar-refractivity contribution in [2.24, 2.45) is 4.99 Å². The summed E-state index contributed by atoms with van der Waals surface area (Å²) in [7, 11) is 8.02. The number of hydrogen-bond donors (Lipinski definition) is 2. The second-order valence-electron chi connectivity index (χ2n) is 11.5. The maximum absolute atomic E-state index is 4.54. The van der Waals surface area contributed by atoms with Crippen LogP contribution >= 0.6 is 0 Å². The Balaban J connectivity index is 0.000000296. The molecule has 0 bridgehead atoms. The molecule has 0 saturated carbocycles. The van der Waals surface area contributed by atoms with E-state index in [1.165, 1.54) is 35.6 Å². The molecule has 0 aliphatic rings. The second kappa shape index (κ2) is 16.5. The number of nitrogens with one attached hydrogen (secondary N) is 2. The molecule has 216 valence electrons. The van der Waals surface area contributed by atoms with Gasteiger partial charge in [0, 0.05) is 12.1 Å². The molecular formula is C34H52BN5. The summed E-state index contributed by atoms with van der Waals surface area (Å²) in [6.45, 7) is 10.6. The van der Waals surface area contributed by atoms with Crippen molar-refractivity contribution < 1.29 is 4.58 Å². The van der Waals surface area contributed by atoms with E-state index in [0.717, 1.165) is 11.9 Å². The van der Waals surface area contributed by atoms with Crippen LogP contribution in [0.25, 0.3) is 0 Å². The second-order valence-corrected chi connectivity index (χ2v) is 11.5. The van der Waals surface area contributed by atoms with Gasteiger partial charge in [0.2, 0.25) is 0 Å². The maximum Gasteiger partial charge on any atom is 0.354 e. The standard InChI is InChI=1S/C22H24B.C12H27N5/c1-2-3-19-23(20-13-7-4-8-14-20,21-15-9-5-10-16-21)22-17-11-6-12-18-22;1-9(2)13-11(14-10(3)4)15-12(16(5)6)17(7)8/h4-18H,2-3,19H2,1H3;9-10H,1-8H3,(H,13,14)/q-1;/p+1. The first-order chi connectivity index (χ1) is 19.1. The Labute approximate surface area is 244 Å². The highest BCUT2D eigenvalue weighted by atomic mass is 15.3. The van der Waals surface area contributed by atoms with E-state index in [0.29, 0.717) is 6.04 Å². The summed E-state index contributed by atoms with van der Waals surface area (Å²) in [5.41, 5.74) is 4.33. The van der Waals surface area contributed by atoms with Crippen LogP contribution in [-0.4, -0.2) is 67.8 Å². The van der Waals surface area contributed by atoms with E-state index in [2.05, 4.69) is 141 Å². The molecular weight excluding hydrogens is 489 g/mol. The first-order valence-corrected chi connectivity index (χ1v) is 14.8. The lowest BCUT2D eigenvalue weighted by Gasteiger charge is -2.43. The van der Waals surface area contributed by atoms with E-state index >= 15 is 0 Å². The maximum atomic E-state index is 4.54. The van der Waals surface area contributed by atoms with Gasteiger partial charge in [-0.15, -0.1) is 0 Å². The SMILES string of the molecule is CC(C)N=C(NC(N(C)C)=[N+](C)C)NC(C)C.CCCC[B-](c1ccccc1)(c1ccccc1)c1ccccc1. The largest absolute Gasteiger partial charge is 0.354 e. The lowest BCUT2D eigenvalue weighted by molar-refractivity contribution is -0.471. The minimum atomic E-state index is -0.913. The molecule has 3 aromatic carbocycles. The van der Waals surface area contributed by atoms with Gasteiger partial charge in [0.15, 0.2) is 0 Å². The van der Waals surface area contributed by atoms with E-state index in [4.69, 9.17) is 0 Å². The zero-order valence-electron chi connectivity index (χ0n) is 26.4. The minimum absolute atomic E-state index is 0.259. The van der Waals surface area contributed by atoms with Gasteiger partial charge in [-0.05, 0) is 27.7 Å². The van der Waals surface area contributed by atoms with Crippen molar-refractivity contribution >= 4 is 34.5 Å². The summed E-state index contributed by atoms with van der Waals surface area (Å²) in [6.07, 6.45) is 2.73. The average molecular weight is 542 g/mol. The molecule has 3 rings (SSSR count). The van der Waals surface area contributed by atoms with Crippen molar-refractivity contribution in [3.8, 4) is 0 Å². The van der Waals surface area contributed by atoms with E-state index < -0.39 is 6.15 Å². The molecule has 0 saturated heterocycles. The lowest BCUT2D eigenvalue weighted by atomic mass is 9.14. The monoisotopic (exact) mass is 541 g/mol. The van der Waals surface area contributed by atoms with Gasteiger partial charge in [-0.1, -0.05) is 111 Å². The third kappa shape index (κ3) is 9.58. The fraction of sp³-hybridized carbons (Fsp3) is 0.412. The zero-order valence-corrected chi connectivity index (χ0v) is 26.4. The van der Waals surface area contributed by atoms with Crippen LogP contribution in [0.15, 0.2) is 96.0 Å². The molecule has 3 aromatic rings. The van der Waals surface area contributed by atoms with Gasteiger partial charge in [0.1, 0.15) is 0 Å². The number of benzene rings is 3. The fourth-order valence-corrected chi connectivity index (χ4v) is 5.30. The van der Waals surface area contributed by atoms with Crippen molar-refractivity contribution in [2.45, 2.75) is 65.9 Å². The third-order valence-electron chi connectivity index (χ3n) is 6.99. The summed E-state index contributed by atoms with van der Waals surface area (Å²) in [5, 5.41) is 6.64. The van der Waals surface area contributed by atoms with Crippen molar-refractivity contribution in [3.63, 3.8) is 0 Å². The van der Waals surface area contributed by atoms with Crippen LogP contribution in [0.2, 0.25) is 6.32 Å². The molecule has 0 aliphatic heterocycles. The highest BCUT2D eigenvalue weighted by molar-refractivity contribution is 7.11. The van der Waals surface area contributed by atoms with Crippen molar-refractivity contribution in [1.29, 1.82) is 0 Å². The molecule has 5 nitrogen and oxygen atoms in total. The normalized spacial score (nSPS) is 11.5. The highest BCUT2D eigenvalue weighted by Crippen LogP contribution is 2.16. The number of rotatable bonds is 8. The first-order valence-electron chi connectivity index (χ1n) is 14.8. The lowest BCUT2D eigenvalue weighted by Crippen LogP contribution is -2.66. The van der Waals surface area contributed by atoms with Crippen molar-refractivity contribution in [3.05, 3.63) is 91.0 Å². The van der Waals surface area contributed by atoms with Gasteiger partial charge < -0.3 is 5.32 Å².